The van der Waals surface area contributed by atoms with Crippen molar-refractivity contribution < 1.29 is 14.3 Å². The molecule has 0 bridgehead atoms. The Hall–Kier alpha value is -3.37. The third-order valence-corrected chi connectivity index (χ3v) is 4.28. The van der Waals surface area contributed by atoms with Gasteiger partial charge in [-0.1, -0.05) is 78.3 Å². The van der Waals surface area contributed by atoms with E-state index in [1.165, 1.54) is 6.08 Å². The molecule has 0 saturated carbocycles. The third kappa shape index (κ3) is 5.32. The molecule has 0 aliphatic heterocycles. The lowest BCUT2D eigenvalue weighted by Crippen LogP contribution is -2.20. The molecule has 0 fully saturated rings. The monoisotopic (exact) mass is 391 g/mol. The highest BCUT2D eigenvalue weighted by Gasteiger charge is 2.10. The van der Waals surface area contributed by atoms with Crippen molar-refractivity contribution in [2.24, 2.45) is 0 Å². The number of amides is 1. The van der Waals surface area contributed by atoms with E-state index in [9.17, 15) is 9.59 Å². The Kier molecular flexibility index (Phi) is 6.60. The number of carbonyl (C=O) groups is 2. The van der Waals surface area contributed by atoms with E-state index >= 15 is 0 Å². The molecule has 0 aromatic heterocycles. The van der Waals surface area contributed by atoms with Gasteiger partial charge in [-0.25, -0.2) is 4.79 Å². The molecule has 0 spiro atoms. The molecule has 4 nitrogen and oxygen atoms in total. The number of benzene rings is 3. The maximum absolute atomic E-state index is 12.2. The fourth-order valence-electron chi connectivity index (χ4n) is 2.60. The average molecular weight is 392 g/mol. The molecular formula is C23H18ClNO3. The molecule has 28 heavy (non-hydrogen) atoms. The summed E-state index contributed by atoms with van der Waals surface area (Å²) in [5, 5.41) is 3.32. The summed E-state index contributed by atoms with van der Waals surface area (Å²) in [6.45, 7) is -0.380. The molecule has 1 amide bonds. The third-order valence-electron chi connectivity index (χ3n) is 3.94. The highest BCUT2D eigenvalue weighted by molar-refractivity contribution is 6.32. The van der Waals surface area contributed by atoms with Crippen molar-refractivity contribution in [1.29, 1.82) is 0 Å². The molecule has 0 unspecified atom stereocenters. The summed E-state index contributed by atoms with van der Waals surface area (Å²) in [6.07, 6.45) is 2.79. The number of halogens is 1. The molecule has 0 radical (unpaired) electrons. The largest absolute Gasteiger partial charge is 0.452 e. The molecule has 3 rings (SSSR count). The first-order chi connectivity index (χ1) is 13.6. The van der Waals surface area contributed by atoms with E-state index in [0.717, 1.165) is 11.1 Å². The normalized spacial score (nSPS) is 10.6. The summed E-state index contributed by atoms with van der Waals surface area (Å²) in [7, 11) is 0. The Balaban J connectivity index is 1.58. The molecule has 3 aromatic carbocycles. The van der Waals surface area contributed by atoms with Crippen LogP contribution in [0.4, 0.5) is 5.69 Å². The predicted molar refractivity (Wildman–Crippen MR) is 112 cm³/mol. The number of para-hydroxylation sites is 1. The van der Waals surface area contributed by atoms with Gasteiger partial charge in [-0.05, 0) is 29.3 Å². The summed E-state index contributed by atoms with van der Waals surface area (Å²) in [5.74, 6) is -1.03. The van der Waals surface area contributed by atoms with E-state index in [-0.39, 0.29) is 6.61 Å². The highest BCUT2D eigenvalue weighted by Crippen LogP contribution is 2.27. The molecule has 3 aromatic rings. The van der Waals surface area contributed by atoms with Crippen LogP contribution in [0.25, 0.3) is 17.2 Å². The van der Waals surface area contributed by atoms with Gasteiger partial charge in [0.2, 0.25) is 0 Å². The minimum atomic E-state index is -0.619. The fraction of sp³-hybridized carbons (Fsp3) is 0.0435. The molecule has 5 heteroatoms. The van der Waals surface area contributed by atoms with Gasteiger partial charge in [0.15, 0.2) is 6.61 Å². The first kappa shape index (κ1) is 19.4. The van der Waals surface area contributed by atoms with Crippen molar-refractivity contribution >= 4 is 35.2 Å². The van der Waals surface area contributed by atoms with E-state index < -0.39 is 11.9 Å². The molecule has 0 aliphatic rings. The van der Waals surface area contributed by atoms with Gasteiger partial charge in [-0.15, -0.1) is 0 Å². The van der Waals surface area contributed by atoms with Gasteiger partial charge in [0.05, 0.1) is 0 Å². The lowest BCUT2D eigenvalue weighted by atomic mass is 10.0. The van der Waals surface area contributed by atoms with Crippen LogP contribution in [0.5, 0.6) is 0 Å². The molecule has 0 saturated heterocycles. The second-order valence-electron chi connectivity index (χ2n) is 5.92. The average Bonchev–Trinajstić information content (AvgIpc) is 2.73. The number of anilines is 1. The molecular weight excluding hydrogens is 374 g/mol. The van der Waals surface area contributed by atoms with Crippen LogP contribution < -0.4 is 5.32 Å². The Labute approximate surface area is 168 Å². The number of hydrogen-bond donors (Lipinski definition) is 1. The molecule has 0 heterocycles. The number of rotatable bonds is 6. The SMILES string of the molecule is O=C(COC(=O)/C=C/c1ccccc1Cl)Nc1ccccc1-c1ccccc1. The molecule has 140 valence electrons. The van der Waals surface area contributed by atoms with Gasteiger partial charge in [0.1, 0.15) is 0 Å². The van der Waals surface area contributed by atoms with Gasteiger partial charge < -0.3 is 10.1 Å². The maximum atomic E-state index is 12.2. The van der Waals surface area contributed by atoms with Gasteiger partial charge in [0, 0.05) is 22.3 Å². The summed E-state index contributed by atoms with van der Waals surface area (Å²) in [5.41, 5.74) is 3.23. The Morgan fingerprint density at radius 2 is 1.57 bits per heavy atom. The van der Waals surface area contributed by atoms with Gasteiger partial charge >= 0.3 is 5.97 Å². The van der Waals surface area contributed by atoms with Crippen LogP contribution in [0.1, 0.15) is 5.56 Å². The number of carbonyl (C=O) groups excluding carboxylic acids is 2. The Morgan fingerprint density at radius 3 is 2.36 bits per heavy atom. The quantitative estimate of drug-likeness (QED) is 0.464. The van der Waals surface area contributed by atoms with Crippen molar-refractivity contribution in [2.75, 3.05) is 11.9 Å². The van der Waals surface area contributed by atoms with Crippen molar-refractivity contribution in [1.82, 2.24) is 0 Å². The van der Waals surface area contributed by atoms with E-state index in [1.807, 2.05) is 54.6 Å². The lowest BCUT2D eigenvalue weighted by Gasteiger charge is -2.11. The standard InChI is InChI=1S/C23H18ClNO3/c24-20-12-6-4-10-18(20)14-15-23(27)28-16-22(26)25-21-13-7-5-11-19(21)17-8-2-1-3-9-17/h1-15H,16H2,(H,25,26)/b15-14+. The Bertz CT molecular complexity index is 999. The second kappa shape index (κ2) is 9.53. The van der Waals surface area contributed by atoms with Gasteiger partial charge in [-0.2, -0.15) is 0 Å². The van der Waals surface area contributed by atoms with Crippen LogP contribution in [0.15, 0.2) is 84.9 Å². The molecule has 0 aliphatic carbocycles. The van der Waals surface area contributed by atoms with E-state index in [2.05, 4.69) is 5.32 Å². The molecule has 0 atom stereocenters. The number of esters is 1. The van der Waals surface area contributed by atoms with Crippen LogP contribution in [0.3, 0.4) is 0 Å². The smallest absolute Gasteiger partial charge is 0.331 e. The molecule has 1 N–H and O–H groups in total. The highest BCUT2D eigenvalue weighted by atomic mass is 35.5. The van der Waals surface area contributed by atoms with Crippen molar-refractivity contribution in [3.8, 4) is 11.1 Å². The number of hydrogen-bond acceptors (Lipinski definition) is 3. The maximum Gasteiger partial charge on any atom is 0.331 e. The first-order valence-electron chi connectivity index (χ1n) is 8.67. The lowest BCUT2D eigenvalue weighted by molar-refractivity contribution is -0.142. The number of nitrogens with one attached hydrogen (secondary N) is 1. The van der Waals surface area contributed by atoms with Crippen LogP contribution in [0.2, 0.25) is 5.02 Å². The number of ether oxygens (including phenoxy) is 1. The minimum absolute atomic E-state index is 0.380. The van der Waals surface area contributed by atoms with Gasteiger partial charge in [-0.3, -0.25) is 4.79 Å². The van der Waals surface area contributed by atoms with E-state index in [0.29, 0.717) is 16.3 Å². The van der Waals surface area contributed by atoms with Crippen LogP contribution >= 0.6 is 11.6 Å². The summed E-state index contributed by atoms with van der Waals surface area (Å²) < 4.78 is 5.00. The summed E-state index contributed by atoms with van der Waals surface area (Å²) in [4.78, 5) is 24.0. The zero-order valence-electron chi connectivity index (χ0n) is 15.0. The predicted octanol–water partition coefficient (Wildman–Crippen LogP) is 5.20. The van der Waals surface area contributed by atoms with Crippen molar-refractivity contribution in [3.05, 3.63) is 95.5 Å². The summed E-state index contributed by atoms with van der Waals surface area (Å²) in [6, 6.07) is 24.3. The summed E-state index contributed by atoms with van der Waals surface area (Å²) >= 11 is 6.02. The van der Waals surface area contributed by atoms with Crippen LogP contribution in [0, 0.1) is 0 Å². The zero-order valence-corrected chi connectivity index (χ0v) is 15.7. The van der Waals surface area contributed by atoms with Crippen molar-refractivity contribution in [3.63, 3.8) is 0 Å². The van der Waals surface area contributed by atoms with Gasteiger partial charge in [0.25, 0.3) is 5.91 Å². The minimum Gasteiger partial charge on any atom is -0.452 e. The van der Waals surface area contributed by atoms with E-state index in [1.54, 1.807) is 30.3 Å². The van der Waals surface area contributed by atoms with Crippen molar-refractivity contribution in [2.45, 2.75) is 0 Å². The fourth-order valence-corrected chi connectivity index (χ4v) is 2.80. The zero-order chi connectivity index (χ0) is 19.8. The van der Waals surface area contributed by atoms with E-state index in [4.69, 9.17) is 16.3 Å². The first-order valence-corrected chi connectivity index (χ1v) is 9.05. The van der Waals surface area contributed by atoms with Crippen LogP contribution in [-0.2, 0) is 14.3 Å². The topological polar surface area (TPSA) is 55.4 Å². The Morgan fingerprint density at radius 1 is 0.893 bits per heavy atom. The van der Waals surface area contributed by atoms with Crippen LogP contribution in [-0.4, -0.2) is 18.5 Å². The second-order valence-corrected chi connectivity index (χ2v) is 6.33.